The van der Waals surface area contributed by atoms with Crippen molar-refractivity contribution < 1.29 is 19.1 Å². The smallest absolute Gasteiger partial charge is 0.329 e. The zero-order chi connectivity index (χ0) is 16.5. The molecule has 0 aliphatic heterocycles. The van der Waals surface area contributed by atoms with Gasteiger partial charge in [0.15, 0.2) is 6.61 Å². The molecular formula is C16H20N2O4. The number of esters is 1. The highest BCUT2D eigenvalue weighted by Crippen LogP contribution is 2.13. The van der Waals surface area contributed by atoms with E-state index in [-0.39, 0.29) is 18.4 Å². The Balaban J connectivity index is 2.74. The van der Waals surface area contributed by atoms with Gasteiger partial charge >= 0.3 is 5.97 Å². The molecule has 1 aromatic rings. The molecule has 0 heterocycles. The fourth-order valence-electron chi connectivity index (χ4n) is 1.78. The lowest BCUT2D eigenvalue weighted by atomic mass is 10.0. The molecule has 6 heteroatoms. The van der Waals surface area contributed by atoms with Crippen molar-refractivity contribution in [2.45, 2.75) is 26.8 Å². The summed E-state index contributed by atoms with van der Waals surface area (Å²) in [5.41, 5.74) is 0.419. The minimum absolute atomic E-state index is 0.155. The number of nitriles is 1. The first kappa shape index (κ1) is 17.5. The lowest BCUT2D eigenvalue weighted by Crippen LogP contribution is -2.45. The fourth-order valence-corrected chi connectivity index (χ4v) is 1.78. The standard InChI is InChI=1S/C16H20N2O4/c1-4-21-13-7-5-12(6-8-13)15(19)18-14(11(2)3)16(20)22-10-9-17/h5-8,11,14H,4,10H2,1-3H3,(H,18,19)/t14-/m0/s1. The second-order valence-electron chi connectivity index (χ2n) is 4.92. The van der Waals surface area contributed by atoms with Crippen LogP contribution in [0.25, 0.3) is 0 Å². The molecule has 0 spiro atoms. The van der Waals surface area contributed by atoms with Crippen LogP contribution in [0.2, 0.25) is 0 Å². The Morgan fingerprint density at radius 2 is 1.91 bits per heavy atom. The van der Waals surface area contributed by atoms with Crippen LogP contribution in [0.4, 0.5) is 0 Å². The predicted molar refractivity (Wildman–Crippen MR) is 80.3 cm³/mol. The van der Waals surface area contributed by atoms with E-state index >= 15 is 0 Å². The lowest BCUT2D eigenvalue weighted by Gasteiger charge is -2.20. The van der Waals surface area contributed by atoms with Gasteiger partial charge in [0.25, 0.3) is 5.91 Å². The minimum atomic E-state index is -0.799. The molecule has 118 valence electrons. The molecule has 1 rings (SSSR count). The molecule has 0 aliphatic rings. The summed E-state index contributed by atoms with van der Waals surface area (Å²) >= 11 is 0. The first-order chi connectivity index (χ1) is 10.5. The third-order valence-corrected chi connectivity index (χ3v) is 2.91. The van der Waals surface area contributed by atoms with Crippen molar-refractivity contribution in [3.63, 3.8) is 0 Å². The van der Waals surface area contributed by atoms with Gasteiger partial charge in [-0.05, 0) is 37.1 Å². The highest BCUT2D eigenvalue weighted by Gasteiger charge is 2.26. The largest absolute Gasteiger partial charge is 0.494 e. The van der Waals surface area contributed by atoms with Gasteiger partial charge in [-0.15, -0.1) is 0 Å². The van der Waals surface area contributed by atoms with E-state index in [4.69, 9.17) is 14.7 Å². The summed E-state index contributed by atoms with van der Waals surface area (Å²) in [6.45, 7) is 5.67. The molecule has 1 amide bonds. The summed E-state index contributed by atoms with van der Waals surface area (Å²) in [5, 5.41) is 11.1. The molecule has 22 heavy (non-hydrogen) atoms. The van der Waals surface area contributed by atoms with Crippen LogP contribution < -0.4 is 10.1 Å². The van der Waals surface area contributed by atoms with Crippen LogP contribution in [-0.2, 0) is 9.53 Å². The van der Waals surface area contributed by atoms with Crippen molar-refractivity contribution in [1.82, 2.24) is 5.32 Å². The van der Waals surface area contributed by atoms with E-state index in [0.29, 0.717) is 17.9 Å². The van der Waals surface area contributed by atoms with E-state index < -0.39 is 12.0 Å². The molecule has 0 radical (unpaired) electrons. The third kappa shape index (κ3) is 5.09. The van der Waals surface area contributed by atoms with Crippen LogP contribution >= 0.6 is 0 Å². The van der Waals surface area contributed by atoms with Gasteiger partial charge in [-0.25, -0.2) is 4.79 Å². The van der Waals surface area contributed by atoms with Crippen molar-refractivity contribution >= 4 is 11.9 Å². The zero-order valence-corrected chi connectivity index (χ0v) is 13.0. The van der Waals surface area contributed by atoms with Gasteiger partial charge in [0, 0.05) is 5.56 Å². The maximum atomic E-state index is 12.2. The number of rotatable bonds is 7. The highest BCUT2D eigenvalue weighted by molar-refractivity contribution is 5.96. The van der Waals surface area contributed by atoms with Gasteiger partial charge in [0.1, 0.15) is 17.9 Å². The van der Waals surface area contributed by atoms with Gasteiger partial charge in [-0.2, -0.15) is 5.26 Å². The minimum Gasteiger partial charge on any atom is -0.494 e. The van der Waals surface area contributed by atoms with Crippen LogP contribution in [0.15, 0.2) is 24.3 Å². The average molecular weight is 304 g/mol. The molecule has 1 atom stereocenters. The van der Waals surface area contributed by atoms with E-state index in [0.717, 1.165) is 0 Å². The van der Waals surface area contributed by atoms with Crippen molar-refractivity contribution in [1.29, 1.82) is 5.26 Å². The van der Waals surface area contributed by atoms with Crippen molar-refractivity contribution in [3.05, 3.63) is 29.8 Å². The predicted octanol–water partition coefficient (Wildman–Crippen LogP) is 1.91. The summed E-state index contributed by atoms with van der Waals surface area (Å²) in [4.78, 5) is 24.0. The summed E-state index contributed by atoms with van der Waals surface area (Å²) in [7, 11) is 0. The molecule has 6 nitrogen and oxygen atoms in total. The van der Waals surface area contributed by atoms with E-state index in [9.17, 15) is 9.59 Å². The van der Waals surface area contributed by atoms with Gasteiger partial charge in [0.05, 0.1) is 6.61 Å². The Hall–Kier alpha value is -2.55. The maximum absolute atomic E-state index is 12.2. The Bertz CT molecular complexity index is 546. The molecule has 0 saturated carbocycles. The maximum Gasteiger partial charge on any atom is 0.329 e. The molecule has 1 N–H and O–H groups in total. The monoisotopic (exact) mass is 304 g/mol. The van der Waals surface area contributed by atoms with Crippen LogP contribution in [0.3, 0.4) is 0 Å². The van der Waals surface area contributed by atoms with Gasteiger partial charge in [-0.1, -0.05) is 13.8 Å². The number of carbonyl (C=O) groups excluding carboxylic acids is 2. The lowest BCUT2D eigenvalue weighted by molar-refractivity contribution is -0.145. The molecule has 0 saturated heterocycles. The normalized spacial score (nSPS) is 11.4. The summed E-state index contributed by atoms with van der Waals surface area (Å²) < 4.78 is 10.1. The van der Waals surface area contributed by atoms with Crippen LogP contribution in [-0.4, -0.2) is 31.1 Å². The number of hydrogen-bond donors (Lipinski definition) is 1. The molecule has 0 fully saturated rings. The van der Waals surface area contributed by atoms with Crippen molar-refractivity contribution in [2.75, 3.05) is 13.2 Å². The van der Waals surface area contributed by atoms with Crippen LogP contribution in [0, 0.1) is 17.2 Å². The summed E-state index contributed by atoms with van der Waals surface area (Å²) in [5.74, 6) is -0.475. The first-order valence-electron chi connectivity index (χ1n) is 7.06. The zero-order valence-electron chi connectivity index (χ0n) is 13.0. The number of nitrogens with zero attached hydrogens (tertiary/aromatic N) is 1. The third-order valence-electron chi connectivity index (χ3n) is 2.91. The summed E-state index contributed by atoms with van der Waals surface area (Å²) in [6, 6.07) is 7.56. The van der Waals surface area contributed by atoms with E-state index in [2.05, 4.69) is 5.32 Å². The Labute approximate surface area is 130 Å². The number of carbonyl (C=O) groups is 2. The molecule has 0 aliphatic carbocycles. The number of hydrogen-bond acceptors (Lipinski definition) is 5. The first-order valence-corrected chi connectivity index (χ1v) is 7.06. The van der Waals surface area contributed by atoms with E-state index in [1.165, 1.54) is 0 Å². The summed E-state index contributed by atoms with van der Waals surface area (Å²) in [6.07, 6.45) is 0. The van der Waals surface area contributed by atoms with Crippen LogP contribution in [0.5, 0.6) is 5.75 Å². The molecule has 1 aromatic carbocycles. The van der Waals surface area contributed by atoms with Gasteiger partial charge < -0.3 is 14.8 Å². The van der Waals surface area contributed by atoms with Gasteiger partial charge in [-0.3, -0.25) is 4.79 Å². The molecule has 0 bridgehead atoms. The molecule has 0 aromatic heterocycles. The Morgan fingerprint density at radius 1 is 1.27 bits per heavy atom. The number of nitrogens with one attached hydrogen (secondary N) is 1. The fraction of sp³-hybridized carbons (Fsp3) is 0.438. The van der Waals surface area contributed by atoms with Crippen LogP contribution in [0.1, 0.15) is 31.1 Å². The topological polar surface area (TPSA) is 88.4 Å². The SMILES string of the molecule is CCOc1ccc(C(=O)N[C@H](C(=O)OCC#N)C(C)C)cc1. The number of benzene rings is 1. The van der Waals surface area contributed by atoms with Crippen molar-refractivity contribution in [3.8, 4) is 11.8 Å². The average Bonchev–Trinajstić information content (AvgIpc) is 2.50. The number of amides is 1. The molecule has 0 unspecified atom stereocenters. The van der Waals surface area contributed by atoms with E-state index in [1.54, 1.807) is 44.2 Å². The highest BCUT2D eigenvalue weighted by atomic mass is 16.5. The number of ether oxygens (including phenoxy) is 2. The Kier molecular flexibility index (Phi) is 6.90. The molecular weight excluding hydrogens is 284 g/mol. The second-order valence-corrected chi connectivity index (χ2v) is 4.92. The Morgan fingerprint density at radius 3 is 2.41 bits per heavy atom. The second kappa shape index (κ2) is 8.67. The van der Waals surface area contributed by atoms with Crippen molar-refractivity contribution in [2.24, 2.45) is 5.92 Å². The van der Waals surface area contributed by atoms with Gasteiger partial charge in [0.2, 0.25) is 0 Å². The quantitative estimate of drug-likeness (QED) is 0.777. The van der Waals surface area contributed by atoms with E-state index in [1.807, 2.05) is 6.92 Å².